The van der Waals surface area contributed by atoms with E-state index in [2.05, 4.69) is 20.8 Å². The molecule has 0 saturated heterocycles. The van der Waals surface area contributed by atoms with Crippen molar-refractivity contribution in [2.75, 3.05) is 0 Å². The van der Waals surface area contributed by atoms with Crippen molar-refractivity contribution in [3.63, 3.8) is 0 Å². The molecule has 0 aliphatic heterocycles. The third-order valence-electron chi connectivity index (χ3n) is 4.09. The maximum Gasteiger partial charge on any atom is 0.00388 e. The van der Waals surface area contributed by atoms with Crippen LogP contribution in [0.5, 0.6) is 0 Å². The van der Waals surface area contributed by atoms with Crippen molar-refractivity contribution < 1.29 is 0 Å². The summed E-state index contributed by atoms with van der Waals surface area (Å²) in [6.45, 7) is 6.79. The number of unbranched alkanes of at least 4 members (excludes halogenated alkanes) is 6. The highest BCUT2D eigenvalue weighted by atomic mass is 14.6. The zero-order valence-electron chi connectivity index (χ0n) is 13.2. The van der Waals surface area contributed by atoms with Gasteiger partial charge in [-0.3, -0.25) is 0 Å². The number of hydrogen-bond acceptors (Lipinski definition) is 1. The summed E-state index contributed by atoms with van der Waals surface area (Å²) in [6.07, 6.45) is 16.4. The summed E-state index contributed by atoms with van der Waals surface area (Å²) in [5.41, 5.74) is 6.13. The van der Waals surface area contributed by atoms with Gasteiger partial charge in [-0.05, 0) is 18.8 Å². The van der Waals surface area contributed by atoms with Crippen LogP contribution in [0.3, 0.4) is 0 Å². The van der Waals surface area contributed by atoms with E-state index >= 15 is 0 Å². The lowest BCUT2D eigenvalue weighted by Crippen LogP contribution is -2.22. The van der Waals surface area contributed by atoms with Gasteiger partial charge in [0.05, 0.1) is 0 Å². The van der Waals surface area contributed by atoms with Crippen molar-refractivity contribution >= 4 is 0 Å². The van der Waals surface area contributed by atoms with Gasteiger partial charge in [-0.15, -0.1) is 0 Å². The largest absolute Gasteiger partial charge is 0.328 e. The molecule has 1 heteroatoms. The summed E-state index contributed by atoms with van der Waals surface area (Å²) in [5, 5.41) is 0. The van der Waals surface area contributed by atoms with E-state index in [1.807, 2.05) is 0 Å². The van der Waals surface area contributed by atoms with Crippen LogP contribution in [-0.4, -0.2) is 6.04 Å². The predicted molar refractivity (Wildman–Crippen MR) is 83.9 cm³/mol. The summed E-state index contributed by atoms with van der Waals surface area (Å²) in [6, 6.07) is 0.437. The Hall–Kier alpha value is -0.0400. The Bertz CT molecular complexity index is 156. The van der Waals surface area contributed by atoms with Gasteiger partial charge in [0, 0.05) is 6.04 Å². The Balaban J connectivity index is 3.73. The Labute approximate surface area is 116 Å². The molecule has 0 aliphatic rings. The van der Waals surface area contributed by atoms with Crippen LogP contribution in [0.2, 0.25) is 0 Å². The minimum Gasteiger partial charge on any atom is -0.328 e. The molecule has 0 aliphatic carbocycles. The first-order valence-corrected chi connectivity index (χ1v) is 8.50. The molecule has 0 fully saturated rings. The molecule has 0 bridgehead atoms. The van der Waals surface area contributed by atoms with Crippen molar-refractivity contribution in [3.05, 3.63) is 0 Å². The van der Waals surface area contributed by atoms with Crippen LogP contribution in [0.4, 0.5) is 0 Å². The predicted octanol–water partition coefficient (Wildman–Crippen LogP) is 5.67. The zero-order valence-corrected chi connectivity index (χ0v) is 13.2. The lowest BCUT2D eigenvalue weighted by molar-refractivity contribution is 0.352. The Morgan fingerprint density at radius 1 is 0.722 bits per heavy atom. The second-order valence-electron chi connectivity index (χ2n) is 5.97. The first-order chi connectivity index (χ1) is 8.74. The maximum absolute atomic E-state index is 6.13. The maximum atomic E-state index is 6.13. The number of hydrogen-bond donors (Lipinski definition) is 1. The first kappa shape index (κ1) is 18.0. The number of rotatable bonds is 13. The van der Waals surface area contributed by atoms with Crippen molar-refractivity contribution in [2.45, 2.75) is 104 Å². The van der Waals surface area contributed by atoms with Crippen molar-refractivity contribution in [1.82, 2.24) is 0 Å². The molecule has 0 aromatic heterocycles. The average molecular weight is 255 g/mol. The third-order valence-corrected chi connectivity index (χ3v) is 4.09. The van der Waals surface area contributed by atoms with E-state index in [9.17, 15) is 0 Å². The summed E-state index contributed by atoms with van der Waals surface area (Å²) in [7, 11) is 0. The van der Waals surface area contributed by atoms with Gasteiger partial charge in [-0.1, -0.05) is 85.0 Å². The molecule has 0 aromatic rings. The summed E-state index contributed by atoms with van der Waals surface area (Å²) in [4.78, 5) is 0. The van der Waals surface area contributed by atoms with E-state index < -0.39 is 0 Å². The zero-order chi connectivity index (χ0) is 13.6. The summed E-state index contributed by atoms with van der Waals surface area (Å²) >= 11 is 0. The van der Waals surface area contributed by atoms with Gasteiger partial charge >= 0.3 is 0 Å². The van der Waals surface area contributed by atoms with Gasteiger partial charge < -0.3 is 5.73 Å². The highest BCUT2D eigenvalue weighted by molar-refractivity contribution is 4.68. The highest BCUT2D eigenvalue weighted by Gasteiger charge is 2.12. The van der Waals surface area contributed by atoms with Crippen LogP contribution in [0.25, 0.3) is 0 Å². The SMILES string of the molecule is CCCCCCCC(CCCCC)CC(N)CC. The van der Waals surface area contributed by atoms with E-state index in [-0.39, 0.29) is 0 Å². The first-order valence-electron chi connectivity index (χ1n) is 8.50. The summed E-state index contributed by atoms with van der Waals surface area (Å²) < 4.78 is 0. The fourth-order valence-corrected chi connectivity index (χ4v) is 2.69. The topological polar surface area (TPSA) is 26.0 Å². The van der Waals surface area contributed by atoms with Gasteiger partial charge in [-0.2, -0.15) is 0 Å². The molecule has 0 amide bonds. The van der Waals surface area contributed by atoms with Gasteiger partial charge in [0.1, 0.15) is 0 Å². The smallest absolute Gasteiger partial charge is 0.00388 e. The molecule has 0 saturated carbocycles. The van der Waals surface area contributed by atoms with E-state index in [0.717, 1.165) is 12.3 Å². The van der Waals surface area contributed by atoms with Crippen molar-refractivity contribution in [3.8, 4) is 0 Å². The minimum absolute atomic E-state index is 0.437. The van der Waals surface area contributed by atoms with Gasteiger partial charge in [0.15, 0.2) is 0 Å². The van der Waals surface area contributed by atoms with Crippen LogP contribution in [0, 0.1) is 5.92 Å². The lowest BCUT2D eigenvalue weighted by atomic mass is 9.88. The van der Waals surface area contributed by atoms with Crippen LogP contribution in [0.15, 0.2) is 0 Å². The molecular formula is C17H37N. The highest BCUT2D eigenvalue weighted by Crippen LogP contribution is 2.23. The van der Waals surface area contributed by atoms with E-state index in [4.69, 9.17) is 5.73 Å². The van der Waals surface area contributed by atoms with Gasteiger partial charge in [0.25, 0.3) is 0 Å². The quantitative estimate of drug-likeness (QED) is 0.421. The van der Waals surface area contributed by atoms with E-state index in [1.165, 1.54) is 70.6 Å². The fraction of sp³-hybridized carbons (Fsp3) is 1.00. The van der Waals surface area contributed by atoms with Crippen LogP contribution < -0.4 is 5.73 Å². The molecule has 0 radical (unpaired) electrons. The number of nitrogens with two attached hydrogens (primary N) is 1. The minimum atomic E-state index is 0.437. The molecule has 0 spiro atoms. The van der Waals surface area contributed by atoms with Crippen LogP contribution >= 0.6 is 0 Å². The molecule has 18 heavy (non-hydrogen) atoms. The fourth-order valence-electron chi connectivity index (χ4n) is 2.69. The van der Waals surface area contributed by atoms with Gasteiger partial charge in [0.2, 0.25) is 0 Å². The normalized spacial score (nSPS) is 14.7. The average Bonchev–Trinajstić information content (AvgIpc) is 2.38. The molecule has 2 atom stereocenters. The molecule has 2 N–H and O–H groups in total. The summed E-state index contributed by atoms with van der Waals surface area (Å²) in [5.74, 6) is 0.896. The Kier molecular flexibility index (Phi) is 13.4. The Morgan fingerprint density at radius 3 is 1.78 bits per heavy atom. The van der Waals surface area contributed by atoms with Crippen molar-refractivity contribution in [2.24, 2.45) is 11.7 Å². The molecule has 0 heterocycles. The van der Waals surface area contributed by atoms with Crippen LogP contribution in [-0.2, 0) is 0 Å². The van der Waals surface area contributed by atoms with Crippen LogP contribution in [0.1, 0.15) is 97.8 Å². The third kappa shape index (κ3) is 11.1. The monoisotopic (exact) mass is 255 g/mol. The Morgan fingerprint density at radius 2 is 1.22 bits per heavy atom. The standard InChI is InChI=1S/C17H37N/c1-4-7-9-10-12-14-16(13-11-8-5-2)15-17(18)6-3/h16-17H,4-15,18H2,1-3H3. The molecule has 0 rings (SSSR count). The van der Waals surface area contributed by atoms with E-state index in [1.54, 1.807) is 0 Å². The molecule has 0 aromatic carbocycles. The van der Waals surface area contributed by atoms with Crippen molar-refractivity contribution in [1.29, 1.82) is 0 Å². The van der Waals surface area contributed by atoms with E-state index in [0.29, 0.717) is 6.04 Å². The van der Waals surface area contributed by atoms with Gasteiger partial charge in [-0.25, -0.2) is 0 Å². The second-order valence-corrected chi connectivity index (χ2v) is 5.97. The second kappa shape index (κ2) is 13.4. The molecule has 2 unspecified atom stereocenters. The lowest BCUT2D eigenvalue weighted by Gasteiger charge is -2.20. The molecular weight excluding hydrogens is 218 g/mol. The molecule has 110 valence electrons. The molecule has 1 nitrogen and oxygen atoms in total.